The van der Waals surface area contributed by atoms with Crippen molar-refractivity contribution in [1.82, 2.24) is 14.9 Å². The maximum Gasteiger partial charge on any atom is 0.163 e. The van der Waals surface area contributed by atoms with Crippen molar-refractivity contribution in [1.29, 1.82) is 0 Å². The van der Waals surface area contributed by atoms with Crippen LogP contribution in [-0.2, 0) is 0 Å². The van der Waals surface area contributed by atoms with E-state index in [1.165, 1.54) is 12.8 Å². The van der Waals surface area contributed by atoms with Crippen LogP contribution in [0, 0.1) is 12.8 Å². The third-order valence-electron chi connectivity index (χ3n) is 4.43. The van der Waals surface area contributed by atoms with Gasteiger partial charge in [0, 0.05) is 17.1 Å². The highest BCUT2D eigenvalue weighted by Crippen LogP contribution is 2.33. The summed E-state index contributed by atoms with van der Waals surface area (Å²) in [4.78, 5) is 10.9. The van der Waals surface area contributed by atoms with E-state index in [2.05, 4.69) is 21.9 Å². The Hall–Kier alpha value is -1.88. The monoisotopic (exact) mass is 301 g/mol. The van der Waals surface area contributed by atoms with Gasteiger partial charge in [-0.05, 0) is 51.9 Å². The van der Waals surface area contributed by atoms with Crippen LogP contribution in [0.4, 0.5) is 0 Å². The van der Waals surface area contributed by atoms with E-state index in [0.717, 1.165) is 47.8 Å². The first-order valence-electron chi connectivity index (χ1n) is 7.78. The Morgan fingerprint density at radius 2 is 1.95 bits per heavy atom. The Morgan fingerprint density at radius 1 is 1.18 bits per heavy atom. The lowest BCUT2D eigenvalue weighted by Gasteiger charge is -2.28. The van der Waals surface area contributed by atoms with E-state index >= 15 is 0 Å². The summed E-state index contributed by atoms with van der Waals surface area (Å²) in [5.41, 5.74) is 1.84. The van der Waals surface area contributed by atoms with Gasteiger partial charge in [-0.1, -0.05) is 0 Å². The van der Waals surface area contributed by atoms with Gasteiger partial charge in [-0.15, -0.1) is 0 Å². The minimum Gasteiger partial charge on any atom is -0.493 e. The largest absolute Gasteiger partial charge is 0.493 e. The van der Waals surface area contributed by atoms with Gasteiger partial charge >= 0.3 is 0 Å². The molecule has 22 heavy (non-hydrogen) atoms. The molecule has 0 spiro atoms. The van der Waals surface area contributed by atoms with Crippen LogP contribution in [0.5, 0.6) is 11.5 Å². The van der Waals surface area contributed by atoms with Crippen molar-refractivity contribution in [2.45, 2.75) is 19.8 Å². The highest BCUT2D eigenvalue weighted by atomic mass is 16.5. The second-order valence-electron chi connectivity index (χ2n) is 6.04. The molecule has 3 rings (SSSR count). The number of hydrogen-bond acceptors (Lipinski definition) is 5. The zero-order valence-corrected chi connectivity index (χ0v) is 13.5. The predicted octanol–water partition coefficient (Wildman–Crippen LogP) is 2.67. The molecule has 0 atom stereocenters. The summed E-state index contributed by atoms with van der Waals surface area (Å²) >= 11 is 0. The Kier molecular flexibility index (Phi) is 4.43. The second-order valence-corrected chi connectivity index (χ2v) is 6.04. The van der Waals surface area contributed by atoms with E-state index in [9.17, 15) is 0 Å². The lowest BCUT2D eigenvalue weighted by Crippen LogP contribution is -2.32. The zero-order chi connectivity index (χ0) is 15.5. The molecule has 0 amide bonds. The first kappa shape index (κ1) is 15.0. The lowest BCUT2D eigenvalue weighted by molar-refractivity contribution is 0.157. The number of hydrogen-bond donors (Lipinski definition) is 0. The fourth-order valence-corrected chi connectivity index (χ4v) is 2.90. The number of aryl methyl sites for hydroxylation is 1. The topological polar surface area (TPSA) is 47.5 Å². The van der Waals surface area contributed by atoms with Crippen molar-refractivity contribution in [2.24, 2.45) is 5.92 Å². The number of ether oxygens (including phenoxy) is 2. The molecule has 1 aliphatic heterocycles. The van der Waals surface area contributed by atoms with E-state index in [1.807, 2.05) is 19.1 Å². The molecular weight excluding hydrogens is 278 g/mol. The minimum atomic E-state index is 0.615. The first-order valence-corrected chi connectivity index (χ1v) is 7.78. The summed E-state index contributed by atoms with van der Waals surface area (Å²) < 4.78 is 11.5. The van der Waals surface area contributed by atoms with Crippen LogP contribution >= 0.6 is 0 Å². The molecule has 0 unspecified atom stereocenters. The molecule has 1 saturated heterocycles. The Morgan fingerprint density at radius 3 is 2.68 bits per heavy atom. The third kappa shape index (κ3) is 3.14. The summed E-state index contributed by atoms with van der Waals surface area (Å²) in [7, 11) is 3.84. The molecular formula is C17H23N3O2. The molecule has 0 N–H and O–H groups in total. The molecule has 1 fully saturated rings. The molecule has 0 aliphatic carbocycles. The summed E-state index contributed by atoms with van der Waals surface area (Å²) in [5.74, 6) is 2.13. The smallest absolute Gasteiger partial charge is 0.163 e. The number of fused-ring (bicyclic) bond motifs is 1. The molecule has 1 aromatic heterocycles. The van der Waals surface area contributed by atoms with Crippen LogP contribution in [0.25, 0.3) is 10.9 Å². The van der Waals surface area contributed by atoms with E-state index < -0.39 is 0 Å². The number of methoxy groups -OCH3 is 1. The fraction of sp³-hybridized carbons (Fsp3) is 0.529. The van der Waals surface area contributed by atoms with Gasteiger partial charge in [-0.25, -0.2) is 9.97 Å². The quantitative estimate of drug-likeness (QED) is 0.869. The lowest BCUT2D eigenvalue weighted by atomic mass is 9.98. The Bertz CT molecular complexity index is 652. The fourth-order valence-electron chi connectivity index (χ4n) is 2.90. The summed E-state index contributed by atoms with van der Waals surface area (Å²) in [5, 5.41) is 1.01. The van der Waals surface area contributed by atoms with Crippen LogP contribution in [0.1, 0.15) is 18.5 Å². The van der Waals surface area contributed by atoms with Gasteiger partial charge < -0.3 is 14.4 Å². The van der Waals surface area contributed by atoms with Crippen molar-refractivity contribution in [3.8, 4) is 11.5 Å². The molecule has 0 bridgehead atoms. The molecule has 118 valence electrons. The Balaban J connectivity index is 1.78. The van der Waals surface area contributed by atoms with Crippen LogP contribution < -0.4 is 9.47 Å². The maximum atomic E-state index is 6.05. The highest BCUT2D eigenvalue weighted by Gasteiger charge is 2.18. The van der Waals surface area contributed by atoms with Gasteiger partial charge in [0.15, 0.2) is 11.5 Å². The van der Waals surface area contributed by atoms with Crippen LogP contribution in [0.3, 0.4) is 0 Å². The van der Waals surface area contributed by atoms with Crippen LogP contribution in [-0.4, -0.2) is 48.7 Å². The van der Waals surface area contributed by atoms with Crippen molar-refractivity contribution in [3.63, 3.8) is 0 Å². The van der Waals surface area contributed by atoms with E-state index in [4.69, 9.17) is 9.47 Å². The second kappa shape index (κ2) is 6.48. The SMILES string of the molecule is COc1cc2c(C)ncnc2cc1OCC1CCN(C)CC1. The zero-order valence-electron chi connectivity index (χ0n) is 13.5. The number of nitrogens with zero attached hydrogens (tertiary/aromatic N) is 3. The highest BCUT2D eigenvalue weighted by molar-refractivity contribution is 5.84. The van der Waals surface area contributed by atoms with Crippen LogP contribution in [0.15, 0.2) is 18.5 Å². The van der Waals surface area contributed by atoms with Gasteiger partial charge in [-0.2, -0.15) is 0 Å². The van der Waals surface area contributed by atoms with Crippen molar-refractivity contribution in [3.05, 3.63) is 24.2 Å². The molecule has 2 heterocycles. The van der Waals surface area contributed by atoms with Gasteiger partial charge in [0.05, 0.1) is 19.2 Å². The summed E-state index contributed by atoms with van der Waals surface area (Å²) in [6, 6.07) is 3.92. The minimum absolute atomic E-state index is 0.615. The Labute approximate surface area is 131 Å². The molecule has 1 aliphatic rings. The standard InChI is InChI=1S/C17H23N3O2/c1-12-14-8-16(21-3)17(9-15(14)19-11-18-12)22-10-13-4-6-20(2)7-5-13/h8-9,11,13H,4-7,10H2,1-3H3. The van der Waals surface area contributed by atoms with Gasteiger partial charge in [-0.3, -0.25) is 0 Å². The van der Waals surface area contributed by atoms with E-state index in [0.29, 0.717) is 5.92 Å². The molecule has 5 nitrogen and oxygen atoms in total. The van der Waals surface area contributed by atoms with Crippen molar-refractivity contribution >= 4 is 10.9 Å². The summed E-state index contributed by atoms with van der Waals surface area (Å²) in [6.07, 6.45) is 3.96. The van der Waals surface area contributed by atoms with Gasteiger partial charge in [0.1, 0.15) is 6.33 Å². The normalized spacial score (nSPS) is 16.9. The molecule has 2 aromatic rings. The number of rotatable bonds is 4. The average molecular weight is 301 g/mol. The molecule has 0 saturated carbocycles. The number of benzene rings is 1. The summed E-state index contributed by atoms with van der Waals surface area (Å²) in [6.45, 7) is 5.01. The van der Waals surface area contributed by atoms with E-state index in [-0.39, 0.29) is 0 Å². The number of piperidine rings is 1. The predicted molar refractivity (Wildman–Crippen MR) is 86.5 cm³/mol. The molecule has 0 radical (unpaired) electrons. The maximum absolute atomic E-state index is 6.05. The molecule has 5 heteroatoms. The number of likely N-dealkylation sites (tertiary alicyclic amines) is 1. The third-order valence-corrected chi connectivity index (χ3v) is 4.43. The molecule has 1 aromatic carbocycles. The van der Waals surface area contributed by atoms with Crippen LogP contribution in [0.2, 0.25) is 0 Å². The van der Waals surface area contributed by atoms with Gasteiger partial charge in [0.2, 0.25) is 0 Å². The van der Waals surface area contributed by atoms with E-state index in [1.54, 1.807) is 13.4 Å². The van der Waals surface area contributed by atoms with Gasteiger partial charge in [0.25, 0.3) is 0 Å². The first-order chi connectivity index (χ1) is 10.7. The number of aromatic nitrogens is 2. The van der Waals surface area contributed by atoms with Crippen molar-refractivity contribution < 1.29 is 9.47 Å². The average Bonchev–Trinajstić information content (AvgIpc) is 2.54. The van der Waals surface area contributed by atoms with Crippen molar-refractivity contribution in [2.75, 3.05) is 33.9 Å².